The van der Waals surface area contributed by atoms with Gasteiger partial charge in [0.05, 0.1) is 5.69 Å². The molecule has 2 aromatic rings. The number of hydrogen-bond donors (Lipinski definition) is 0. The molecule has 0 aliphatic rings. The molecule has 0 aliphatic carbocycles. The number of fused-ring (bicyclic) bond motifs is 1. The molecule has 0 unspecified atom stereocenters. The third kappa shape index (κ3) is 1.50. The van der Waals surface area contributed by atoms with E-state index in [0.29, 0.717) is 5.92 Å². The van der Waals surface area contributed by atoms with Gasteiger partial charge in [0.2, 0.25) is 0 Å². The molecule has 74 valence electrons. The molecule has 0 bridgehead atoms. The molecule has 0 radical (unpaired) electrons. The third-order valence-corrected chi connectivity index (χ3v) is 2.24. The summed E-state index contributed by atoms with van der Waals surface area (Å²) in [5, 5.41) is 0. The van der Waals surface area contributed by atoms with Crippen molar-refractivity contribution in [2.24, 2.45) is 5.92 Å². The molecule has 3 nitrogen and oxygen atoms in total. The second kappa shape index (κ2) is 3.40. The second-order valence-electron chi connectivity index (χ2n) is 4.00. The predicted octanol–water partition coefficient (Wildman–Crippen LogP) is 2.73. The summed E-state index contributed by atoms with van der Waals surface area (Å²) in [6, 6.07) is 0. The standard InChI is InChI=1S/C11H14N2O/c1-7(2)4-9-5-12-8(3)11-10(9)13-6-14-11/h5-7H,4H2,1-3H3. The van der Waals surface area contributed by atoms with Crippen LogP contribution in [0.5, 0.6) is 0 Å². The average Bonchev–Trinajstić information content (AvgIpc) is 2.58. The number of aryl methyl sites for hydroxylation is 1. The predicted molar refractivity (Wildman–Crippen MR) is 55.1 cm³/mol. The highest BCUT2D eigenvalue weighted by atomic mass is 16.3. The molecule has 0 aliphatic heterocycles. The zero-order valence-electron chi connectivity index (χ0n) is 8.74. The summed E-state index contributed by atoms with van der Waals surface area (Å²) >= 11 is 0. The molecule has 2 aromatic heterocycles. The Morgan fingerprint density at radius 1 is 1.36 bits per heavy atom. The molecule has 0 atom stereocenters. The van der Waals surface area contributed by atoms with Crippen LogP contribution in [0.2, 0.25) is 0 Å². The van der Waals surface area contributed by atoms with Gasteiger partial charge in [-0.3, -0.25) is 4.98 Å². The third-order valence-electron chi connectivity index (χ3n) is 2.24. The van der Waals surface area contributed by atoms with Gasteiger partial charge in [-0.2, -0.15) is 0 Å². The Hall–Kier alpha value is -1.38. The maximum absolute atomic E-state index is 5.30. The van der Waals surface area contributed by atoms with Crippen LogP contribution in [-0.2, 0) is 6.42 Å². The number of nitrogens with zero attached hydrogens (tertiary/aromatic N) is 2. The van der Waals surface area contributed by atoms with Crippen molar-refractivity contribution >= 4 is 11.1 Å². The Labute approximate surface area is 83.2 Å². The van der Waals surface area contributed by atoms with E-state index < -0.39 is 0 Å². The summed E-state index contributed by atoms with van der Waals surface area (Å²) in [5.74, 6) is 0.611. The van der Waals surface area contributed by atoms with Gasteiger partial charge in [-0.15, -0.1) is 0 Å². The lowest BCUT2D eigenvalue weighted by Crippen LogP contribution is -1.97. The van der Waals surface area contributed by atoms with Crippen molar-refractivity contribution in [3.63, 3.8) is 0 Å². The number of rotatable bonds is 2. The van der Waals surface area contributed by atoms with E-state index in [1.807, 2.05) is 13.1 Å². The summed E-state index contributed by atoms with van der Waals surface area (Å²) in [5.41, 5.74) is 3.87. The van der Waals surface area contributed by atoms with Gasteiger partial charge in [-0.1, -0.05) is 13.8 Å². The Kier molecular flexibility index (Phi) is 2.23. The van der Waals surface area contributed by atoms with Crippen LogP contribution in [0.25, 0.3) is 11.1 Å². The molecule has 2 rings (SSSR count). The molecular formula is C11H14N2O. The van der Waals surface area contributed by atoms with Gasteiger partial charge < -0.3 is 4.42 Å². The number of aromatic nitrogens is 2. The van der Waals surface area contributed by atoms with Crippen LogP contribution in [0, 0.1) is 12.8 Å². The smallest absolute Gasteiger partial charge is 0.182 e. The molecular weight excluding hydrogens is 176 g/mol. The Morgan fingerprint density at radius 2 is 2.14 bits per heavy atom. The average molecular weight is 190 g/mol. The lowest BCUT2D eigenvalue weighted by atomic mass is 10.0. The van der Waals surface area contributed by atoms with Gasteiger partial charge in [-0.05, 0) is 19.3 Å². The first kappa shape index (κ1) is 9.19. The SMILES string of the molecule is Cc1ncc(CC(C)C)c2ncoc12. The van der Waals surface area contributed by atoms with Crippen LogP contribution < -0.4 is 0 Å². The molecule has 2 heterocycles. The van der Waals surface area contributed by atoms with E-state index in [4.69, 9.17) is 4.42 Å². The van der Waals surface area contributed by atoms with Crippen LogP contribution in [0.4, 0.5) is 0 Å². The van der Waals surface area contributed by atoms with Gasteiger partial charge in [0.25, 0.3) is 0 Å². The largest absolute Gasteiger partial charge is 0.442 e. The van der Waals surface area contributed by atoms with E-state index >= 15 is 0 Å². The molecule has 0 aromatic carbocycles. The van der Waals surface area contributed by atoms with Crippen LogP contribution in [0.3, 0.4) is 0 Å². The van der Waals surface area contributed by atoms with Crippen LogP contribution >= 0.6 is 0 Å². The molecule has 0 saturated carbocycles. The molecule has 0 N–H and O–H groups in total. The first-order valence-electron chi connectivity index (χ1n) is 4.86. The molecule has 0 fully saturated rings. The van der Waals surface area contributed by atoms with Crippen LogP contribution in [-0.4, -0.2) is 9.97 Å². The quantitative estimate of drug-likeness (QED) is 0.730. The lowest BCUT2D eigenvalue weighted by Gasteiger charge is -2.05. The Morgan fingerprint density at radius 3 is 2.86 bits per heavy atom. The molecule has 14 heavy (non-hydrogen) atoms. The fourth-order valence-electron chi connectivity index (χ4n) is 1.62. The van der Waals surface area contributed by atoms with Crippen LogP contribution in [0.1, 0.15) is 25.1 Å². The number of hydrogen-bond acceptors (Lipinski definition) is 3. The molecule has 0 spiro atoms. The summed E-state index contributed by atoms with van der Waals surface area (Å²) in [7, 11) is 0. The topological polar surface area (TPSA) is 38.9 Å². The summed E-state index contributed by atoms with van der Waals surface area (Å²) < 4.78 is 5.30. The summed E-state index contributed by atoms with van der Waals surface area (Å²) in [4.78, 5) is 8.52. The highest BCUT2D eigenvalue weighted by Gasteiger charge is 2.09. The highest BCUT2D eigenvalue weighted by molar-refractivity contribution is 5.77. The van der Waals surface area contributed by atoms with E-state index in [1.165, 1.54) is 12.0 Å². The van der Waals surface area contributed by atoms with Crippen molar-refractivity contribution in [2.75, 3.05) is 0 Å². The zero-order chi connectivity index (χ0) is 10.1. The highest BCUT2D eigenvalue weighted by Crippen LogP contribution is 2.21. The fraction of sp³-hybridized carbons (Fsp3) is 0.455. The van der Waals surface area contributed by atoms with Crippen molar-refractivity contribution < 1.29 is 4.42 Å². The maximum Gasteiger partial charge on any atom is 0.182 e. The number of oxazole rings is 1. The van der Waals surface area contributed by atoms with Gasteiger partial charge >= 0.3 is 0 Å². The van der Waals surface area contributed by atoms with E-state index in [9.17, 15) is 0 Å². The minimum Gasteiger partial charge on any atom is -0.442 e. The van der Waals surface area contributed by atoms with E-state index in [1.54, 1.807) is 0 Å². The second-order valence-corrected chi connectivity index (χ2v) is 4.00. The van der Waals surface area contributed by atoms with Gasteiger partial charge in [0.1, 0.15) is 5.52 Å². The minimum absolute atomic E-state index is 0.611. The van der Waals surface area contributed by atoms with E-state index in [2.05, 4.69) is 23.8 Å². The molecule has 0 amide bonds. The summed E-state index contributed by atoms with van der Waals surface area (Å²) in [6.45, 7) is 6.31. The fourth-order valence-corrected chi connectivity index (χ4v) is 1.62. The van der Waals surface area contributed by atoms with E-state index in [-0.39, 0.29) is 0 Å². The van der Waals surface area contributed by atoms with Crippen molar-refractivity contribution in [3.8, 4) is 0 Å². The van der Waals surface area contributed by atoms with Crippen molar-refractivity contribution in [3.05, 3.63) is 23.8 Å². The Balaban J connectivity index is 2.55. The monoisotopic (exact) mass is 190 g/mol. The first-order chi connectivity index (χ1) is 6.68. The van der Waals surface area contributed by atoms with Gasteiger partial charge in [0, 0.05) is 11.8 Å². The lowest BCUT2D eigenvalue weighted by molar-refractivity contribution is 0.597. The van der Waals surface area contributed by atoms with Gasteiger partial charge in [0.15, 0.2) is 12.0 Å². The van der Waals surface area contributed by atoms with Gasteiger partial charge in [-0.25, -0.2) is 4.98 Å². The first-order valence-corrected chi connectivity index (χ1v) is 4.86. The van der Waals surface area contributed by atoms with Crippen molar-refractivity contribution in [1.29, 1.82) is 0 Å². The maximum atomic E-state index is 5.30. The van der Waals surface area contributed by atoms with E-state index in [0.717, 1.165) is 23.2 Å². The number of pyridine rings is 1. The molecule has 3 heteroatoms. The van der Waals surface area contributed by atoms with Crippen molar-refractivity contribution in [2.45, 2.75) is 27.2 Å². The zero-order valence-corrected chi connectivity index (χ0v) is 8.74. The summed E-state index contributed by atoms with van der Waals surface area (Å²) in [6.07, 6.45) is 4.39. The Bertz CT molecular complexity index is 445. The van der Waals surface area contributed by atoms with Crippen molar-refractivity contribution in [1.82, 2.24) is 9.97 Å². The minimum atomic E-state index is 0.611. The van der Waals surface area contributed by atoms with Crippen LogP contribution in [0.15, 0.2) is 17.0 Å². The molecule has 0 saturated heterocycles. The normalized spacial score (nSPS) is 11.4.